The van der Waals surface area contributed by atoms with E-state index < -0.39 is 23.7 Å². The van der Waals surface area contributed by atoms with Crippen LogP contribution in [-0.4, -0.2) is 27.1 Å². The minimum absolute atomic E-state index is 0.304. The third kappa shape index (κ3) is 4.61. The number of fused-ring (bicyclic) bond motifs is 1. The summed E-state index contributed by atoms with van der Waals surface area (Å²) in [5, 5.41) is 2.31. The molecule has 0 aliphatic heterocycles. The average Bonchev–Trinajstić information content (AvgIpc) is 3.06. The van der Waals surface area contributed by atoms with E-state index in [-0.39, 0.29) is 0 Å². The fourth-order valence-electron chi connectivity index (χ4n) is 4.42. The first-order valence-corrected chi connectivity index (χ1v) is 10.9. The van der Waals surface area contributed by atoms with Crippen LogP contribution in [0, 0.1) is 5.92 Å². The van der Waals surface area contributed by atoms with E-state index in [2.05, 4.69) is 5.32 Å². The van der Waals surface area contributed by atoms with Gasteiger partial charge in [0.05, 0.1) is 17.1 Å². The lowest BCUT2D eigenvalue weighted by atomic mass is 9.89. The Hall–Kier alpha value is -3.19. The summed E-state index contributed by atoms with van der Waals surface area (Å²) in [6.07, 6.45) is 6.06. The highest BCUT2D eigenvalue weighted by atomic mass is 16.2. The number of benzene rings is 2. The maximum absolute atomic E-state index is 13.2. The molecule has 3 N–H and O–H groups in total. The Kier molecular flexibility index (Phi) is 6.32. The number of nitrogens with two attached hydrogens (primary N) is 1. The zero-order valence-corrected chi connectivity index (χ0v) is 17.5. The molecule has 1 heterocycles. The standard InChI is InChI=1S/C24H28N4O3/c25-19(15-17-9-3-1-4-10-17)22(29)26-23(30)28-21-14-8-7-13-20(21)27(24(28)31)16-18-11-5-2-6-12-18/h1,3-4,7-10,13-14,18-19H,2,5-6,11-12,15-16,25H2,(H,26,29,30)/t19-/m0/s1. The number of hydrogen-bond acceptors (Lipinski definition) is 4. The molecule has 0 bridgehead atoms. The third-order valence-corrected chi connectivity index (χ3v) is 6.07. The van der Waals surface area contributed by atoms with Crippen LogP contribution in [0.15, 0.2) is 59.4 Å². The largest absolute Gasteiger partial charge is 0.337 e. The second kappa shape index (κ2) is 9.31. The summed E-state index contributed by atoms with van der Waals surface area (Å²) in [7, 11) is 0. The summed E-state index contributed by atoms with van der Waals surface area (Å²) in [5.74, 6) is -0.181. The molecule has 3 aromatic rings. The van der Waals surface area contributed by atoms with Crippen LogP contribution in [0.25, 0.3) is 11.0 Å². The minimum atomic E-state index is -0.891. The third-order valence-electron chi connectivity index (χ3n) is 6.07. The van der Waals surface area contributed by atoms with Gasteiger partial charge in [0.15, 0.2) is 0 Å². The molecule has 162 valence electrons. The van der Waals surface area contributed by atoms with Crippen LogP contribution in [0.4, 0.5) is 4.79 Å². The maximum atomic E-state index is 13.2. The molecular formula is C24H28N4O3. The summed E-state index contributed by atoms with van der Waals surface area (Å²) < 4.78 is 2.71. The first-order valence-electron chi connectivity index (χ1n) is 10.9. The molecule has 31 heavy (non-hydrogen) atoms. The second-order valence-corrected chi connectivity index (χ2v) is 8.31. The molecule has 7 nitrogen and oxygen atoms in total. The van der Waals surface area contributed by atoms with Gasteiger partial charge in [-0.05, 0) is 42.9 Å². The minimum Gasteiger partial charge on any atom is -0.320 e. The molecule has 2 amide bonds. The quantitative estimate of drug-likeness (QED) is 0.663. The van der Waals surface area contributed by atoms with Gasteiger partial charge in [-0.2, -0.15) is 0 Å². The normalized spacial score (nSPS) is 15.6. The summed E-state index contributed by atoms with van der Waals surface area (Å²) in [5.41, 5.74) is 7.67. The summed E-state index contributed by atoms with van der Waals surface area (Å²) in [6.45, 7) is 0.584. The number of carbonyl (C=O) groups excluding carboxylic acids is 2. The molecule has 0 unspecified atom stereocenters. The van der Waals surface area contributed by atoms with Gasteiger partial charge in [0.2, 0.25) is 5.91 Å². The van der Waals surface area contributed by atoms with Gasteiger partial charge in [-0.1, -0.05) is 61.7 Å². The van der Waals surface area contributed by atoms with Gasteiger partial charge in [0.1, 0.15) is 0 Å². The number of aromatic nitrogens is 2. The zero-order chi connectivity index (χ0) is 21.8. The Morgan fingerprint density at radius 2 is 1.61 bits per heavy atom. The first kappa shape index (κ1) is 21.1. The van der Waals surface area contributed by atoms with Crippen LogP contribution in [-0.2, 0) is 17.8 Å². The summed E-state index contributed by atoms with van der Waals surface area (Å²) in [4.78, 5) is 38.6. The monoisotopic (exact) mass is 420 g/mol. The molecule has 4 rings (SSSR count). The van der Waals surface area contributed by atoms with Crippen molar-refractivity contribution in [3.05, 3.63) is 70.6 Å². The van der Waals surface area contributed by atoms with Crippen molar-refractivity contribution in [1.29, 1.82) is 0 Å². The highest BCUT2D eigenvalue weighted by molar-refractivity contribution is 6.00. The van der Waals surface area contributed by atoms with Gasteiger partial charge in [-0.25, -0.2) is 14.2 Å². The number of rotatable bonds is 5. The Balaban J connectivity index is 1.55. The Morgan fingerprint density at radius 3 is 2.32 bits per heavy atom. The van der Waals surface area contributed by atoms with E-state index in [4.69, 9.17) is 5.73 Å². The summed E-state index contributed by atoms with van der Waals surface area (Å²) in [6, 6.07) is 14.9. The number of nitrogens with one attached hydrogen (secondary N) is 1. The number of imidazole rings is 1. The number of hydrogen-bond donors (Lipinski definition) is 2. The molecule has 2 aromatic carbocycles. The van der Waals surface area contributed by atoms with Crippen LogP contribution in [0.2, 0.25) is 0 Å². The molecule has 1 saturated carbocycles. The van der Waals surface area contributed by atoms with E-state index in [0.717, 1.165) is 23.0 Å². The van der Waals surface area contributed by atoms with Crippen molar-refractivity contribution < 1.29 is 9.59 Å². The lowest BCUT2D eigenvalue weighted by Gasteiger charge is -2.21. The lowest BCUT2D eigenvalue weighted by molar-refractivity contribution is -0.121. The van der Waals surface area contributed by atoms with Crippen LogP contribution in [0.1, 0.15) is 37.7 Å². The molecular weight excluding hydrogens is 392 g/mol. The van der Waals surface area contributed by atoms with Crippen molar-refractivity contribution in [2.24, 2.45) is 11.7 Å². The fraction of sp³-hybridized carbons (Fsp3) is 0.375. The average molecular weight is 421 g/mol. The van der Waals surface area contributed by atoms with Crippen molar-refractivity contribution in [3.8, 4) is 0 Å². The number of carbonyl (C=O) groups is 2. The molecule has 0 radical (unpaired) electrons. The number of nitrogens with zero attached hydrogens (tertiary/aromatic N) is 2. The van der Waals surface area contributed by atoms with E-state index in [1.165, 1.54) is 19.3 Å². The maximum Gasteiger partial charge on any atom is 0.337 e. The fourth-order valence-corrected chi connectivity index (χ4v) is 4.42. The van der Waals surface area contributed by atoms with Crippen molar-refractivity contribution in [1.82, 2.24) is 14.5 Å². The van der Waals surface area contributed by atoms with Gasteiger partial charge >= 0.3 is 11.7 Å². The number of amides is 2. The molecule has 0 spiro atoms. The van der Waals surface area contributed by atoms with Crippen LogP contribution >= 0.6 is 0 Å². The SMILES string of the molecule is N[C@@H](Cc1ccccc1)C(=O)NC(=O)n1c(=O)n(CC2CCCCC2)c2ccccc21. The van der Waals surface area contributed by atoms with E-state index in [0.29, 0.717) is 29.9 Å². The van der Waals surface area contributed by atoms with E-state index in [9.17, 15) is 14.4 Å². The predicted octanol–water partition coefficient (Wildman–Crippen LogP) is 3.04. The van der Waals surface area contributed by atoms with Crippen molar-refractivity contribution >= 4 is 23.0 Å². The first-order chi connectivity index (χ1) is 15.0. The lowest BCUT2D eigenvalue weighted by Crippen LogP contribution is -2.48. The number of imide groups is 1. The Bertz CT molecular complexity index is 1130. The van der Waals surface area contributed by atoms with Gasteiger partial charge in [0.25, 0.3) is 0 Å². The number of para-hydroxylation sites is 2. The van der Waals surface area contributed by atoms with Crippen LogP contribution < -0.4 is 16.7 Å². The van der Waals surface area contributed by atoms with E-state index >= 15 is 0 Å². The molecule has 7 heteroatoms. The van der Waals surface area contributed by atoms with Crippen molar-refractivity contribution in [2.45, 2.75) is 51.1 Å². The van der Waals surface area contributed by atoms with Gasteiger partial charge in [0, 0.05) is 6.54 Å². The predicted molar refractivity (Wildman–Crippen MR) is 120 cm³/mol. The van der Waals surface area contributed by atoms with Crippen LogP contribution in [0.3, 0.4) is 0 Å². The van der Waals surface area contributed by atoms with E-state index in [1.807, 2.05) is 42.5 Å². The van der Waals surface area contributed by atoms with E-state index in [1.54, 1.807) is 16.7 Å². The molecule has 1 fully saturated rings. The van der Waals surface area contributed by atoms with Crippen molar-refractivity contribution in [2.75, 3.05) is 0 Å². The van der Waals surface area contributed by atoms with Gasteiger partial charge in [-0.15, -0.1) is 0 Å². The van der Waals surface area contributed by atoms with Gasteiger partial charge < -0.3 is 5.73 Å². The Morgan fingerprint density at radius 1 is 0.968 bits per heavy atom. The topological polar surface area (TPSA) is 99.1 Å². The van der Waals surface area contributed by atoms with Crippen LogP contribution in [0.5, 0.6) is 0 Å². The van der Waals surface area contributed by atoms with Gasteiger partial charge in [-0.3, -0.25) is 14.7 Å². The second-order valence-electron chi connectivity index (χ2n) is 8.31. The summed E-state index contributed by atoms with van der Waals surface area (Å²) >= 11 is 0. The van der Waals surface area contributed by atoms with Crippen molar-refractivity contribution in [3.63, 3.8) is 0 Å². The molecule has 1 atom stereocenters. The highest BCUT2D eigenvalue weighted by Gasteiger charge is 2.24. The smallest absolute Gasteiger partial charge is 0.320 e. The highest BCUT2D eigenvalue weighted by Crippen LogP contribution is 2.26. The molecule has 0 saturated heterocycles. The molecule has 1 aliphatic carbocycles. The molecule has 1 aromatic heterocycles. The Labute approximate surface area is 180 Å². The molecule has 1 aliphatic rings. The zero-order valence-electron chi connectivity index (χ0n) is 17.5.